The van der Waals surface area contributed by atoms with Crippen LogP contribution in [0.3, 0.4) is 0 Å². The highest BCUT2D eigenvalue weighted by atomic mass is 35.5. The summed E-state index contributed by atoms with van der Waals surface area (Å²) in [6.07, 6.45) is 3.51. The van der Waals surface area contributed by atoms with E-state index >= 15 is 0 Å². The van der Waals surface area contributed by atoms with Crippen molar-refractivity contribution < 1.29 is 4.74 Å². The molecule has 0 spiro atoms. The van der Waals surface area contributed by atoms with E-state index in [9.17, 15) is 0 Å². The predicted molar refractivity (Wildman–Crippen MR) is 66.0 cm³/mol. The summed E-state index contributed by atoms with van der Waals surface area (Å²) in [5.41, 5.74) is 0.981. The summed E-state index contributed by atoms with van der Waals surface area (Å²) in [4.78, 5) is 8.19. The average molecular weight is 244 g/mol. The molecule has 0 saturated heterocycles. The monoisotopic (exact) mass is 243 g/mol. The normalized spacial score (nSPS) is 12.5. The predicted octanol–water partition coefficient (Wildman–Crippen LogP) is 2.53. The lowest BCUT2D eigenvalue weighted by molar-refractivity contribution is 0.128. The van der Waals surface area contributed by atoms with Crippen LogP contribution in [0.5, 0.6) is 0 Å². The zero-order valence-corrected chi connectivity index (χ0v) is 10.7. The number of nitrogens with one attached hydrogen (secondary N) is 1. The molecule has 5 heteroatoms. The first-order chi connectivity index (χ1) is 7.69. The van der Waals surface area contributed by atoms with E-state index in [0.717, 1.165) is 24.2 Å². The lowest BCUT2D eigenvalue weighted by Crippen LogP contribution is -2.19. The third kappa shape index (κ3) is 3.61. The molecule has 0 fully saturated rings. The fraction of sp³-hybridized carbons (Fsp3) is 0.636. The van der Waals surface area contributed by atoms with Gasteiger partial charge < -0.3 is 10.1 Å². The van der Waals surface area contributed by atoms with Crippen molar-refractivity contribution in [1.29, 1.82) is 0 Å². The van der Waals surface area contributed by atoms with Crippen molar-refractivity contribution in [2.45, 2.75) is 32.8 Å². The Morgan fingerprint density at radius 3 is 2.88 bits per heavy atom. The zero-order chi connectivity index (χ0) is 12.0. The number of ether oxygens (including phenoxy) is 1. The van der Waals surface area contributed by atoms with Gasteiger partial charge >= 0.3 is 0 Å². The molecule has 1 atom stereocenters. The second-order valence-electron chi connectivity index (χ2n) is 3.67. The summed E-state index contributed by atoms with van der Waals surface area (Å²) in [5.74, 6) is 0.811. The maximum atomic E-state index is 6.03. The Hall–Kier alpha value is -0.870. The van der Waals surface area contributed by atoms with Crippen LogP contribution in [0.15, 0.2) is 6.33 Å². The molecule has 1 N–H and O–H groups in total. The molecule has 1 rings (SSSR count). The van der Waals surface area contributed by atoms with E-state index < -0.39 is 0 Å². The average Bonchev–Trinajstić information content (AvgIpc) is 2.29. The first-order valence-corrected chi connectivity index (χ1v) is 5.82. The van der Waals surface area contributed by atoms with Gasteiger partial charge in [-0.3, -0.25) is 0 Å². The molecule has 1 aromatic heterocycles. The number of halogens is 1. The molecule has 4 nitrogen and oxygen atoms in total. The van der Waals surface area contributed by atoms with Crippen LogP contribution in [0.4, 0.5) is 5.82 Å². The fourth-order valence-corrected chi connectivity index (χ4v) is 1.57. The smallest absolute Gasteiger partial charge is 0.137 e. The highest BCUT2D eigenvalue weighted by Crippen LogP contribution is 2.21. The van der Waals surface area contributed by atoms with E-state index in [2.05, 4.69) is 22.2 Å². The summed E-state index contributed by atoms with van der Waals surface area (Å²) >= 11 is 6.03. The van der Waals surface area contributed by atoms with Crippen LogP contribution in [-0.2, 0) is 11.2 Å². The highest BCUT2D eigenvalue weighted by molar-refractivity contribution is 6.30. The third-order valence-corrected chi connectivity index (χ3v) is 2.68. The van der Waals surface area contributed by atoms with Crippen LogP contribution in [0, 0.1) is 0 Å². The summed E-state index contributed by atoms with van der Waals surface area (Å²) in [7, 11) is 1.69. The SMILES string of the molecule is CCCc1c(Cl)ncnc1NCC(C)OC. The van der Waals surface area contributed by atoms with E-state index in [0.29, 0.717) is 11.7 Å². The molecule has 16 heavy (non-hydrogen) atoms. The standard InChI is InChI=1S/C11H18ClN3O/c1-4-5-9-10(12)14-7-15-11(9)13-6-8(2)16-3/h7-8H,4-6H2,1-3H3,(H,13,14,15). The number of hydrogen-bond donors (Lipinski definition) is 1. The summed E-state index contributed by atoms with van der Waals surface area (Å²) in [5, 5.41) is 3.76. The van der Waals surface area contributed by atoms with E-state index in [1.54, 1.807) is 7.11 Å². The Kier molecular flexibility index (Phi) is 5.49. The van der Waals surface area contributed by atoms with Gasteiger partial charge in [0, 0.05) is 19.2 Å². The van der Waals surface area contributed by atoms with Gasteiger partial charge in [0.05, 0.1) is 6.10 Å². The van der Waals surface area contributed by atoms with E-state index in [1.165, 1.54) is 6.33 Å². The number of anilines is 1. The van der Waals surface area contributed by atoms with E-state index in [1.807, 2.05) is 6.92 Å². The number of methoxy groups -OCH3 is 1. The van der Waals surface area contributed by atoms with Gasteiger partial charge in [-0.2, -0.15) is 0 Å². The molecular weight excluding hydrogens is 226 g/mol. The van der Waals surface area contributed by atoms with Gasteiger partial charge in [0.15, 0.2) is 0 Å². The molecular formula is C11H18ClN3O. The van der Waals surface area contributed by atoms with Gasteiger partial charge in [0.2, 0.25) is 0 Å². The molecule has 1 heterocycles. The Morgan fingerprint density at radius 1 is 1.50 bits per heavy atom. The molecule has 0 saturated carbocycles. The lowest BCUT2D eigenvalue weighted by atomic mass is 10.2. The molecule has 90 valence electrons. The minimum atomic E-state index is 0.142. The molecule has 0 aliphatic heterocycles. The molecule has 0 bridgehead atoms. The van der Waals surface area contributed by atoms with Crippen molar-refractivity contribution in [1.82, 2.24) is 9.97 Å². The van der Waals surface area contributed by atoms with E-state index in [4.69, 9.17) is 16.3 Å². The van der Waals surface area contributed by atoms with Gasteiger partial charge in [-0.1, -0.05) is 24.9 Å². The van der Waals surface area contributed by atoms with Gasteiger partial charge in [0.1, 0.15) is 17.3 Å². The lowest BCUT2D eigenvalue weighted by Gasteiger charge is -2.14. The number of rotatable bonds is 6. The number of nitrogens with zero attached hydrogens (tertiary/aromatic N) is 2. The van der Waals surface area contributed by atoms with Gasteiger partial charge in [-0.15, -0.1) is 0 Å². The summed E-state index contributed by atoms with van der Waals surface area (Å²) in [6, 6.07) is 0. The van der Waals surface area contributed by atoms with Crippen molar-refractivity contribution in [3.63, 3.8) is 0 Å². The zero-order valence-electron chi connectivity index (χ0n) is 9.96. The van der Waals surface area contributed by atoms with E-state index in [-0.39, 0.29) is 6.10 Å². The summed E-state index contributed by atoms with van der Waals surface area (Å²) in [6.45, 7) is 4.81. The van der Waals surface area contributed by atoms with Gasteiger partial charge in [0.25, 0.3) is 0 Å². The van der Waals surface area contributed by atoms with Gasteiger partial charge in [-0.05, 0) is 13.3 Å². The summed E-state index contributed by atoms with van der Waals surface area (Å²) < 4.78 is 5.16. The largest absolute Gasteiger partial charge is 0.380 e. The molecule has 0 amide bonds. The minimum Gasteiger partial charge on any atom is -0.380 e. The van der Waals surface area contributed by atoms with Crippen LogP contribution in [0.2, 0.25) is 5.15 Å². The Balaban J connectivity index is 2.74. The first kappa shape index (κ1) is 13.2. The van der Waals surface area contributed by atoms with Crippen molar-refractivity contribution >= 4 is 17.4 Å². The quantitative estimate of drug-likeness (QED) is 0.780. The number of aromatic nitrogens is 2. The van der Waals surface area contributed by atoms with Crippen LogP contribution in [-0.4, -0.2) is 29.7 Å². The second-order valence-corrected chi connectivity index (χ2v) is 4.03. The minimum absolute atomic E-state index is 0.142. The van der Waals surface area contributed by atoms with Crippen LogP contribution in [0.25, 0.3) is 0 Å². The fourth-order valence-electron chi connectivity index (χ4n) is 1.34. The third-order valence-electron chi connectivity index (χ3n) is 2.35. The Labute approximate surface area is 101 Å². The maximum Gasteiger partial charge on any atom is 0.137 e. The van der Waals surface area contributed by atoms with Crippen molar-refractivity contribution in [3.05, 3.63) is 17.0 Å². The molecule has 0 aliphatic rings. The van der Waals surface area contributed by atoms with Crippen molar-refractivity contribution in [2.24, 2.45) is 0 Å². The van der Waals surface area contributed by atoms with Gasteiger partial charge in [-0.25, -0.2) is 9.97 Å². The van der Waals surface area contributed by atoms with Crippen LogP contribution >= 0.6 is 11.6 Å². The Bertz CT molecular complexity index is 333. The molecule has 1 aromatic rings. The second kappa shape index (κ2) is 6.66. The van der Waals surface area contributed by atoms with Crippen LogP contribution < -0.4 is 5.32 Å². The Morgan fingerprint density at radius 2 is 2.25 bits per heavy atom. The molecule has 0 aromatic carbocycles. The first-order valence-electron chi connectivity index (χ1n) is 5.45. The van der Waals surface area contributed by atoms with Crippen LogP contribution in [0.1, 0.15) is 25.8 Å². The maximum absolute atomic E-state index is 6.03. The molecule has 0 aliphatic carbocycles. The van der Waals surface area contributed by atoms with Crippen molar-refractivity contribution in [2.75, 3.05) is 19.0 Å². The molecule has 1 unspecified atom stereocenters. The molecule has 0 radical (unpaired) electrons. The highest BCUT2D eigenvalue weighted by Gasteiger charge is 2.09. The topological polar surface area (TPSA) is 47.0 Å². The van der Waals surface area contributed by atoms with Crippen molar-refractivity contribution in [3.8, 4) is 0 Å². The number of hydrogen-bond acceptors (Lipinski definition) is 4.